The Morgan fingerprint density at radius 3 is 2.71 bits per heavy atom. The fourth-order valence-electron chi connectivity index (χ4n) is 1.77. The van der Waals surface area contributed by atoms with Gasteiger partial charge in [-0.1, -0.05) is 12.1 Å². The Balaban J connectivity index is 2.19. The number of rotatable bonds is 4. The van der Waals surface area contributed by atoms with Crippen LogP contribution >= 0.6 is 0 Å². The lowest BCUT2D eigenvalue weighted by Gasteiger charge is -2.12. The number of imidazole rings is 1. The summed E-state index contributed by atoms with van der Waals surface area (Å²) in [5, 5.41) is 2.22. The van der Waals surface area contributed by atoms with Crippen LogP contribution in [0.15, 0.2) is 36.8 Å². The zero-order chi connectivity index (χ0) is 15.5. The fourth-order valence-corrected chi connectivity index (χ4v) is 1.77. The van der Waals surface area contributed by atoms with Crippen LogP contribution < -0.4 is 11.1 Å². The summed E-state index contributed by atoms with van der Waals surface area (Å²) in [6.07, 6.45) is -1.71. The first-order valence-corrected chi connectivity index (χ1v) is 6.11. The van der Waals surface area contributed by atoms with E-state index in [1.165, 1.54) is 30.7 Å². The van der Waals surface area contributed by atoms with E-state index in [1.807, 2.05) is 0 Å². The Hall–Kier alpha value is -2.35. The molecule has 2 aromatic rings. The molecule has 0 radical (unpaired) electrons. The maximum atomic E-state index is 12.8. The molecule has 112 valence electrons. The van der Waals surface area contributed by atoms with Crippen LogP contribution in [0.3, 0.4) is 0 Å². The summed E-state index contributed by atoms with van der Waals surface area (Å²) < 4.78 is 40.1. The van der Waals surface area contributed by atoms with Gasteiger partial charge in [-0.25, -0.2) is 4.98 Å². The van der Waals surface area contributed by atoms with E-state index >= 15 is 0 Å². The van der Waals surface area contributed by atoms with E-state index in [4.69, 9.17) is 5.73 Å². The van der Waals surface area contributed by atoms with Crippen molar-refractivity contribution in [3.8, 4) is 0 Å². The van der Waals surface area contributed by atoms with Gasteiger partial charge in [0.25, 0.3) is 5.91 Å². The van der Waals surface area contributed by atoms with E-state index in [9.17, 15) is 18.0 Å². The van der Waals surface area contributed by atoms with Crippen LogP contribution in [0.25, 0.3) is 0 Å². The van der Waals surface area contributed by atoms with Crippen molar-refractivity contribution in [3.05, 3.63) is 48.0 Å². The van der Waals surface area contributed by atoms with E-state index in [0.717, 1.165) is 6.07 Å². The highest BCUT2D eigenvalue weighted by Gasteiger charge is 2.33. The average molecular weight is 298 g/mol. The highest BCUT2D eigenvalue weighted by atomic mass is 19.4. The second kappa shape index (κ2) is 5.96. The van der Waals surface area contributed by atoms with Crippen LogP contribution in [0.1, 0.15) is 16.1 Å². The Labute approximate surface area is 118 Å². The molecule has 0 fully saturated rings. The van der Waals surface area contributed by atoms with Crippen LogP contribution in [-0.4, -0.2) is 22.0 Å². The molecule has 1 heterocycles. The summed E-state index contributed by atoms with van der Waals surface area (Å²) in [6.45, 7) is 0.841. The van der Waals surface area contributed by atoms with Gasteiger partial charge in [0.05, 0.1) is 17.6 Å². The molecule has 3 N–H and O–H groups in total. The number of para-hydroxylation sites is 1. The van der Waals surface area contributed by atoms with E-state index in [1.54, 1.807) is 4.57 Å². The van der Waals surface area contributed by atoms with E-state index in [0.29, 0.717) is 13.1 Å². The number of nitrogens with zero attached hydrogens (tertiary/aromatic N) is 2. The van der Waals surface area contributed by atoms with Gasteiger partial charge in [0.1, 0.15) is 5.69 Å². The van der Waals surface area contributed by atoms with Crippen LogP contribution in [0.2, 0.25) is 0 Å². The maximum Gasteiger partial charge on any atom is 0.418 e. The summed E-state index contributed by atoms with van der Waals surface area (Å²) in [6, 6.07) is 4.77. The number of nitrogens with two attached hydrogens (primary N) is 1. The lowest BCUT2D eigenvalue weighted by molar-refractivity contribution is -0.136. The van der Waals surface area contributed by atoms with Crippen LogP contribution in [-0.2, 0) is 12.7 Å². The van der Waals surface area contributed by atoms with Crippen molar-refractivity contribution in [2.75, 3.05) is 11.9 Å². The number of alkyl halides is 3. The maximum absolute atomic E-state index is 12.8. The SMILES string of the molecule is NCCn1cnc(C(=O)Nc2ccccc2C(F)(F)F)c1. The molecule has 5 nitrogen and oxygen atoms in total. The molecule has 0 saturated carbocycles. The fraction of sp³-hybridized carbons (Fsp3) is 0.231. The van der Waals surface area contributed by atoms with Crippen molar-refractivity contribution in [2.45, 2.75) is 12.7 Å². The van der Waals surface area contributed by atoms with Gasteiger partial charge in [-0.15, -0.1) is 0 Å². The van der Waals surface area contributed by atoms with Crippen LogP contribution in [0.4, 0.5) is 18.9 Å². The minimum Gasteiger partial charge on any atom is -0.335 e. The Kier molecular flexibility index (Phi) is 4.27. The number of hydrogen-bond acceptors (Lipinski definition) is 3. The number of halogens is 3. The van der Waals surface area contributed by atoms with Gasteiger partial charge >= 0.3 is 6.18 Å². The minimum atomic E-state index is -4.54. The monoisotopic (exact) mass is 298 g/mol. The number of aromatic nitrogens is 2. The second-order valence-electron chi connectivity index (χ2n) is 4.28. The highest BCUT2D eigenvalue weighted by Crippen LogP contribution is 2.34. The Bertz CT molecular complexity index is 636. The zero-order valence-electron chi connectivity index (χ0n) is 10.9. The first-order chi connectivity index (χ1) is 9.91. The van der Waals surface area contributed by atoms with Crippen molar-refractivity contribution >= 4 is 11.6 Å². The van der Waals surface area contributed by atoms with Crippen LogP contribution in [0, 0.1) is 0 Å². The van der Waals surface area contributed by atoms with Gasteiger partial charge in [0.15, 0.2) is 0 Å². The zero-order valence-corrected chi connectivity index (χ0v) is 10.9. The lowest BCUT2D eigenvalue weighted by atomic mass is 10.1. The van der Waals surface area contributed by atoms with Crippen molar-refractivity contribution in [2.24, 2.45) is 5.73 Å². The van der Waals surface area contributed by atoms with Gasteiger partial charge in [-0.2, -0.15) is 13.2 Å². The quantitative estimate of drug-likeness (QED) is 0.908. The molecule has 2 rings (SSSR count). The number of amides is 1. The number of carbonyl (C=O) groups excluding carboxylic acids is 1. The van der Waals surface area contributed by atoms with Gasteiger partial charge in [-0.3, -0.25) is 4.79 Å². The number of carbonyl (C=O) groups is 1. The highest BCUT2D eigenvalue weighted by molar-refractivity contribution is 6.03. The standard InChI is InChI=1S/C13H13F3N4O/c14-13(15,16)9-3-1-2-4-10(9)19-12(21)11-7-20(6-5-17)8-18-11/h1-4,7-8H,5-6,17H2,(H,19,21). The summed E-state index contributed by atoms with van der Waals surface area (Å²) in [7, 11) is 0. The molecule has 8 heteroatoms. The largest absolute Gasteiger partial charge is 0.418 e. The summed E-state index contributed by atoms with van der Waals surface area (Å²) in [5.41, 5.74) is 4.19. The van der Waals surface area contributed by atoms with E-state index in [2.05, 4.69) is 10.3 Å². The normalized spacial score (nSPS) is 11.4. The van der Waals surface area contributed by atoms with Gasteiger partial charge in [0, 0.05) is 19.3 Å². The molecule has 0 saturated heterocycles. The molecule has 0 aliphatic heterocycles. The first-order valence-electron chi connectivity index (χ1n) is 6.11. The molecular formula is C13H13F3N4O. The third-order valence-electron chi connectivity index (χ3n) is 2.73. The minimum absolute atomic E-state index is 0.0282. The third-order valence-corrected chi connectivity index (χ3v) is 2.73. The molecule has 0 unspecified atom stereocenters. The topological polar surface area (TPSA) is 72.9 Å². The predicted molar refractivity (Wildman–Crippen MR) is 70.7 cm³/mol. The number of nitrogens with one attached hydrogen (secondary N) is 1. The third kappa shape index (κ3) is 3.60. The van der Waals surface area contributed by atoms with E-state index in [-0.39, 0.29) is 11.4 Å². The predicted octanol–water partition coefficient (Wildman–Crippen LogP) is 2.11. The van der Waals surface area contributed by atoms with Crippen molar-refractivity contribution in [3.63, 3.8) is 0 Å². The van der Waals surface area contributed by atoms with Gasteiger partial charge < -0.3 is 15.6 Å². The van der Waals surface area contributed by atoms with Crippen molar-refractivity contribution in [1.29, 1.82) is 0 Å². The number of anilines is 1. The van der Waals surface area contributed by atoms with Gasteiger partial charge in [0.2, 0.25) is 0 Å². The van der Waals surface area contributed by atoms with Crippen molar-refractivity contribution < 1.29 is 18.0 Å². The van der Waals surface area contributed by atoms with Crippen LogP contribution in [0.5, 0.6) is 0 Å². The second-order valence-corrected chi connectivity index (χ2v) is 4.28. The molecule has 0 spiro atoms. The number of benzene rings is 1. The molecule has 0 atom stereocenters. The molecule has 1 aromatic carbocycles. The molecule has 0 aliphatic rings. The van der Waals surface area contributed by atoms with Gasteiger partial charge in [-0.05, 0) is 12.1 Å². The number of hydrogen-bond donors (Lipinski definition) is 2. The molecule has 0 bridgehead atoms. The Morgan fingerprint density at radius 1 is 1.33 bits per heavy atom. The molecule has 1 amide bonds. The average Bonchev–Trinajstić information content (AvgIpc) is 2.87. The smallest absolute Gasteiger partial charge is 0.335 e. The summed E-state index contributed by atoms with van der Waals surface area (Å²) >= 11 is 0. The first kappa shape index (κ1) is 15.0. The Morgan fingerprint density at radius 2 is 2.05 bits per heavy atom. The summed E-state index contributed by atoms with van der Waals surface area (Å²) in [5.74, 6) is -0.706. The summed E-state index contributed by atoms with van der Waals surface area (Å²) in [4.78, 5) is 15.8. The molecule has 0 aliphatic carbocycles. The molecule has 21 heavy (non-hydrogen) atoms. The van der Waals surface area contributed by atoms with E-state index < -0.39 is 17.6 Å². The molecule has 1 aromatic heterocycles. The molecular weight excluding hydrogens is 285 g/mol. The lowest BCUT2D eigenvalue weighted by Crippen LogP contribution is -2.17. The van der Waals surface area contributed by atoms with Crippen molar-refractivity contribution in [1.82, 2.24) is 9.55 Å².